The van der Waals surface area contributed by atoms with E-state index in [9.17, 15) is 14.4 Å². The summed E-state index contributed by atoms with van der Waals surface area (Å²) in [5.41, 5.74) is 2.35. The van der Waals surface area contributed by atoms with Crippen molar-refractivity contribution < 1.29 is 23.6 Å². The summed E-state index contributed by atoms with van der Waals surface area (Å²) in [6.45, 7) is -0.0723. The molecule has 3 amide bonds. The molecule has 2 aromatic rings. The molecule has 0 saturated carbocycles. The number of ether oxygens (including phenoxy) is 1. The summed E-state index contributed by atoms with van der Waals surface area (Å²) in [5, 5.41) is 9.33. The van der Waals surface area contributed by atoms with Crippen LogP contribution < -0.4 is 10.6 Å². The molecule has 8 nitrogen and oxygen atoms in total. The highest BCUT2D eigenvalue weighted by Crippen LogP contribution is 2.19. The highest BCUT2D eigenvalue weighted by Gasteiger charge is 2.15. The number of fused-ring (bicyclic) bond motifs is 1. The standard InChI is InChI=1S/C20H23N3O5/c24-18(22-20(26)21-11-10-14-6-2-1-3-7-14)13-27-19(25)12-16-15-8-4-5-9-17(15)28-23-16/h4-6,8-9H,1-3,7,10-13H2,(H2,21,22,24,26). The van der Waals surface area contributed by atoms with Crippen LogP contribution >= 0.6 is 0 Å². The van der Waals surface area contributed by atoms with Gasteiger partial charge in [0.15, 0.2) is 12.2 Å². The summed E-state index contributed by atoms with van der Waals surface area (Å²) in [6.07, 6.45) is 7.44. The summed E-state index contributed by atoms with van der Waals surface area (Å²) in [7, 11) is 0. The van der Waals surface area contributed by atoms with Gasteiger partial charge in [0.25, 0.3) is 5.91 Å². The minimum atomic E-state index is -0.687. The van der Waals surface area contributed by atoms with Crippen molar-refractivity contribution in [3.63, 3.8) is 0 Å². The number of carbonyl (C=O) groups is 3. The molecule has 0 radical (unpaired) electrons. The van der Waals surface area contributed by atoms with Gasteiger partial charge in [0.1, 0.15) is 5.69 Å². The van der Waals surface area contributed by atoms with Gasteiger partial charge in [0, 0.05) is 11.9 Å². The van der Waals surface area contributed by atoms with E-state index in [2.05, 4.69) is 21.9 Å². The number of hydrogen-bond donors (Lipinski definition) is 2. The van der Waals surface area contributed by atoms with Crippen molar-refractivity contribution in [1.29, 1.82) is 0 Å². The highest BCUT2D eigenvalue weighted by molar-refractivity contribution is 5.95. The van der Waals surface area contributed by atoms with E-state index in [1.165, 1.54) is 18.4 Å². The molecule has 0 saturated heterocycles. The van der Waals surface area contributed by atoms with Crippen LogP contribution in [0.2, 0.25) is 0 Å². The van der Waals surface area contributed by atoms with Crippen LogP contribution in [0.15, 0.2) is 40.4 Å². The quantitative estimate of drug-likeness (QED) is 0.560. The molecule has 8 heteroatoms. The molecular weight excluding hydrogens is 362 g/mol. The van der Waals surface area contributed by atoms with Crippen LogP contribution in [0.3, 0.4) is 0 Å². The zero-order valence-electron chi connectivity index (χ0n) is 15.5. The van der Waals surface area contributed by atoms with E-state index in [1.807, 2.05) is 6.07 Å². The van der Waals surface area contributed by atoms with Crippen LogP contribution in [-0.2, 0) is 20.7 Å². The van der Waals surface area contributed by atoms with E-state index in [-0.39, 0.29) is 6.42 Å². The van der Waals surface area contributed by atoms with E-state index >= 15 is 0 Å². The fourth-order valence-corrected chi connectivity index (χ4v) is 3.07. The monoisotopic (exact) mass is 385 g/mol. The maximum atomic E-state index is 11.9. The van der Waals surface area contributed by atoms with Crippen LogP contribution in [0.4, 0.5) is 4.79 Å². The van der Waals surface area contributed by atoms with Crippen LogP contribution in [0.5, 0.6) is 0 Å². The first-order valence-electron chi connectivity index (χ1n) is 9.36. The second-order valence-electron chi connectivity index (χ2n) is 6.63. The normalized spacial score (nSPS) is 13.6. The van der Waals surface area contributed by atoms with Gasteiger partial charge in [0.05, 0.1) is 6.42 Å². The number of carbonyl (C=O) groups excluding carboxylic acids is 3. The van der Waals surface area contributed by atoms with E-state index in [0.717, 1.165) is 24.6 Å². The van der Waals surface area contributed by atoms with Gasteiger partial charge < -0.3 is 14.6 Å². The molecule has 0 spiro atoms. The number of amides is 3. The number of imide groups is 1. The predicted molar refractivity (Wildman–Crippen MR) is 101 cm³/mol. The van der Waals surface area contributed by atoms with Gasteiger partial charge in [-0.3, -0.25) is 14.9 Å². The van der Waals surface area contributed by atoms with E-state index in [4.69, 9.17) is 9.26 Å². The molecule has 2 N–H and O–H groups in total. The van der Waals surface area contributed by atoms with E-state index < -0.39 is 24.5 Å². The molecule has 0 fully saturated rings. The van der Waals surface area contributed by atoms with Crippen LogP contribution in [0.1, 0.15) is 37.8 Å². The molecule has 1 aliphatic rings. The molecule has 1 aromatic heterocycles. The summed E-state index contributed by atoms with van der Waals surface area (Å²) >= 11 is 0. The first kappa shape index (κ1) is 19.6. The third-order valence-electron chi connectivity index (χ3n) is 4.50. The Morgan fingerprint density at radius 2 is 2.04 bits per heavy atom. The average Bonchev–Trinajstić information content (AvgIpc) is 3.10. The summed E-state index contributed by atoms with van der Waals surface area (Å²) < 4.78 is 10.0. The summed E-state index contributed by atoms with van der Waals surface area (Å²) in [5.74, 6) is -1.31. The van der Waals surface area contributed by atoms with Gasteiger partial charge in [-0.05, 0) is 44.2 Å². The maximum Gasteiger partial charge on any atom is 0.321 e. The number of hydrogen-bond acceptors (Lipinski definition) is 6. The fourth-order valence-electron chi connectivity index (χ4n) is 3.07. The van der Waals surface area contributed by atoms with E-state index in [1.54, 1.807) is 18.2 Å². The lowest BCUT2D eigenvalue weighted by atomic mass is 9.97. The minimum absolute atomic E-state index is 0.119. The van der Waals surface area contributed by atoms with Crippen molar-refractivity contribution in [3.8, 4) is 0 Å². The topological polar surface area (TPSA) is 111 Å². The Morgan fingerprint density at radius 3 is 2.86 bits per heavy atom. The van der Waals surface area contributed by atoms with Gasteiger partial charge in [0.2, 0.25) is 0 Å². The lowest BCUT2D eigenvalue weighted by Crippen LogP contribution is -2.41. The molecule has 1 heterocycles. The number of benzene rings is 1. The largest absolute Gasteiger partial charge is 0.455 e. The zero-order valence-corrected chi connectivity index (χ0v) is 15.5. The van der Waals surface area contributed by atoms with Gasteiger partial charge in [-0.2, -0.15) is 0 Å². The fraction of sp³-hybridized carbons (Fsp3) is 0.400. The molecule has 0 unspecified atom stereocenters. The van der Waals surface area contributed by atoms with Crippen LogP contribution in [0, 0.1) is 0 Å². The summed E-state index contributed by atoms with van der Waals surface area (Å²) in [6, 6.07) is 6.55. The SMILES string of the molecule is O=C(COC(=O)Cc1noc2ccccc12)NC(=O)NCCC1=CCCCC1. The minimum Gasteiger partial charge on any atom is -0.455 e. The molecule has 0 aliphatic heterocycles. The summed E-state index contributed by atoms with van der Waals surface area (Å²) in [4.78, 5) is 35.4. The van der Waals surface area contributed by atoms with Gasteiger partial charge >= 0.3 is 12.0 Å². The maximum absolute atomic E-state index is 11.9. The molecule has 0 atom stereocenters. The van der Waals surface area contributed by atoms with Crippen molar-refractivity contribution in [2.45, 2.75) is 38.5 Å². The Morgan fingerprint density at radius 1 is 1.18 bits per heavy atom. The van der Waals surface area contributed by atoms with Gasteiger partial charge in [-0.15, -0.1) is 0 Å². The Hall–Kier alpha value is -3.16. The van der Waals surface area contributed by atoms with Gasteiger partial charge in [-0.25, -0.2) is 4.79 Å². The lowest BCUT2D eigenvalue weighted by Gasteiger charge is -2.13. The van der Waals surface area contributed by atoms with Crippen molar-refractivity contribution in [1.82, 2.24) is 15.8 Å². The Bertz CT molecular complexity index is 887. The number of allylic oxidation sites excluding steroid dienone is 1. The second-order valence-corrected chi connectivity index (χ2v) is 6.63. The molecule has 1 aromatic carbocycles. The highest BCUT2D eigenvalue weighted by atomic mass is 16.5. The third kappa shape index (κ3) is 5.67. The number of nitrogens with one attached hydrogen (secondary N) is 2. The first-order valence-corrected chi connectivity index (χ1v) is 9.36. The van der Waals surface area contributed by atoms with Crippen molar-refractivity contribution in [2.75, 3.05) is 13.2 Å². The number of rotatable bonds is 7. The number of aromatic nitrogens is 1. The van der Waals surface area contributed by atoms with Crippen molar-refractivity contribution in [2.24, 2.45) is 0 Å². The molecule has 28 heavy (non-hydrogen) atoms. The molecule has 1 aliphatic carbocycles. The number of urea groups is 1. The number of para-hydroxylation sites is 1. The first-order chi connectivity index (χ1) is 13.6. The van der Waals surface area contributed by atoms with Crippen LogP contribution in [0.25, 0.3) is 11.0 Å². The number of esters is 1. The number of nitrogens with zero attached hydrogens (tertiary/aromatic N) is 1. The molecule has 3 rings (SSSR count). The average molecular weight is 385 g/mol. The smallest absolute Gasteiger partial charge is 0.321 e. The molecule has 0 bridgehead atoms. The zero-order chi connectivity index (χ0) is 19.8. The van der Waals surface area contributed by atoms with E-state index in [0.29, 0.717) is 17.8 Å². The second kappa shape index (κ2) is 9.68. The third-order valence-corrected chi connectivity index (χ3v) is 4.50. The van der Waals surface area contributed by atoms with Crippen molar-refractivity contribution in [3.05, 3.63) is 41.6 Å². The molecule has 148 valence electrons. The predicted octanol–water partition coefficient (Wildman–Crippen LogP) is 2.63. The van der Waals surface area contributed by atoms with Crippen molar-refractivity contribution >= 4 is 28.9 Å². The van der Waals surface area contributed by atoms with Crippen LogP contribution in [-0.4, -0.2) is 36.2 Å². The Kier molecular flexibility index (Phi) is 6.78. The molecular formula is C20H23N3O5. The van der Waals surface area contributed by atoms with Gasteiger partial charge in [-0.1, -0.05) is 28.9 Å². The Balaban J connectivity index is 1.34. The Labute approximate surface area is 162 Å². The lowest BCUT2D eigenvalue weighted by molar-refractivity contribution is -0.147.